The van der Waals surface area contributed by atoms with Crippen LogP contribution in [0.3, 0.4) is 0 Å². The maximum absolute atomic E-state index is 13.1. The van der Waals surface area contributed by atoms with Gasteiger partial charge in [0.15, 0.2) is 5.76 Å². The lowest BCUT2D eigenvalue weighted by molar-refractivity contribution is 0.0809. The van der Waals surface area contributed by atoms with Gasteiger partial charge in [0.05, 0.1) is 23.9 Å². The average Bonchev–Trinajstić information content (AvgIpc) is 3.33. The van der Waals surface area contributed by atoms with Gasteiger partial charge in [0, 0.05) is 11.0 Å². The Balaban J connectivity index is 1.50. The summed E-state index contributed by atoms with van der Waals surface area (Å²) in [7, 11) is 0. The third-order valence-electron chi connectivity index (χ3n) is 5.14. The van der Waals surface area contributed by atoms with Crippen LogP contribution < -0.4 is 9.47 Å². The monoisotopic (exact) mass is 451 g/mol. The summed E-state index contributed by atoms with van der Waals surface area (Å²) in [4.78, 5) is 15.2. The molecule has 146 valence electrons. The third-order valence-corrected chi connectivity index (χ3v) is 5.86. The van der Waals surface area contributed by atoms with Crippen molar-refractivity contribution < 1.29 is 18.7 Å². The molecule has 0 aliphatic carbocycles. The molecule has 2 aliphatic heterocycles. The number of benzene rings is 2. The van der Waals surface area contributed by atoms with Crippen LogP contribution in [0.5, 0.6) is 11.5 Å². The number of carbonyl (C=O) groups is 1. The molecule has 5 rings (SSSR count). The molecule has 29 heavy (non-hydrogen) atoms. The van der Waals surface area contributed by atoms with Crippen LogP contribution in [0.2, 0.25) is 0 Å². The molecular weight excluding hydrogens is 434 g/mol. The Morgan fingerprint density at radius 2 is 2.07 bits per heavy atom. The summed E-state index contributed by atoms with van der Waals surface area (Å²) < 4.78 is 18.4. The van der Waals surface area contributed by atoms with Gasteiger partial charge in [-0.2, -0.15) is 0 Å². The Labute approximate surface area is 176 Å². The molecule has 3 heterocycles. The van der Waals surface area contributed by atoms with Crippen molar-refractivity contribution in [2.45, 2.75) is 20.0 Å². The highest BCUT2D eigenvalue weighted by atomic mass is 79.9. The van der Waals surface area contributed by atoms with E-state index >= 15 is 0 Å². The minimum absolute atomic E-state index is 0.0980. The largest absolute Gasteiger partial charge is 0.478 e. The predicted molar refractivity (Wildman–Crippen MR) is 112 cm³/mol. The molecule has 0 atom stereocenters. The van der Waals surface area contributed by atoms with Crippen molar-refractivity contribution in [3.8, 4) is 11.5 Å². The second-order valence-corrected chi connectivity index (χ2v) is 8.03. The molecule has 5 nitrogen and oxygen atoms in total. The molecule has 0 bridgehead atoms. The van der Waals surface area contributed by atoms with Crippen molar-refractivity contribution in [1.29, 1.82) is 0 Å². The molecule has 2 aliphatic rings. The highest BCUT2D eigenvalue weighted by Crippen LogP contribution is 2.44. The van der Waals surface area contributed by atoms with E-state index < -0.39 is 0 Å². The number of nitrogens with zero attached hydrogens (tertiary/aromatic N) is 1. The molecule has 0 N–H and O–H groups in total. The first kappa shape index (κ1) is 18.2. The second kappa shape index (κ2) is 7.21. The zero-order chi connectivity index (χ0) is 20.0. The minimum atomic E-state index is -0.0980. The first-order valence-corrected chi connectivity index (χ1v) is 10.1. The fraction of sp³-hybridized carbons (Fsp3) is 0.174. The van der Waals surface area contributed by atoms with Gasteiger partial charge in [0.1, 0.15) is 24.0 Å². The SMILES string of the molecule is Cc1cc2c(c3c1C(=O)/C(=C/c1ccccc1Br)O3)CN(Cc1ccco1)CO2. The van der Waals surface area contributed by atoms with Crippen LogP contribution in [0.25, 0.3) is 6.08 Å². The van der Waals surface area contributed by atoms with Gasteiger partial charge in [-0.3, -0.25) is 9.69 Å². The normalized spacial score (nSPS) is 17.0. The van der Waals surface area contributed by atoms with Gasteiger partial charge in [0.25, 0.3) is 0 Å². The molecule has 6 heteroatoms. The lowest BCUT2D eigenvalue weighted by Gasteiger charge is -2.29. The number of ketones is 1. The van der Waals surface area contributed by atoms with E-state index in [0.717, 1.165) is 32.7 Å². The number of carbonyl (C=O) groups excluding carboxylic acids is 1. The highest BCUT2D eigenvalue weighted by Gasteiger charge is 2.35. The van der Waals surface area contributed by atoms with E-state index in [1.54, 1.807) is 12.3 Å². The van der Waals surface area contributed by atoms with E-state index in [1.165, 1.54) is 0 Å². The van der Waals surface area contributed by atoms with E-state index in [1.807, 2.05) is 49.4 Å². The van der Waals surface area contributed by atoms with Gasteiger partial charge in [-0.1, -0.05) is 34.1 Å². The molecule has 3 aromatic rings. The molecular formula is C23H18BrNO4. The molecule has 0 fully saturated rings. The summed E-state index contributed by atoms with van der Waals surface area (Å²) in [6, 6.07) is 13.5. The predicted octanol–water partition coefficient (Wildman–Crippen LogP) is 5.32. The fourth-order valence-electron chi connectivity index (χ4n) is 3.73. The zero-order valence-electron chi connectivity index (χ0n) is 15.8. The van der Waals surface area contributed by atoms with Crippen LogP contribution >= 0.6 is 15.9 Å². The Hall–Kier alpha value is -2.83. The van der Waals surface area contributed by atoms with E-state index in [0.29, 0.717) is 36.9 Å². The Morgan fingerprint density at radius 1 is 1.21 bits per heavy atom. The molecule has 0 radical (unpaired) electrons. The molecule has 2 aromatic carbocycles. The Bertz CT molecular complexity index is 1130. The number of allylic oxidation sites excluding steroid dienone is 1. The summed E-state index contributed by atoms with van der Waals surface area (Å²) in [5.74, 6) is 2.47. The summed E-state index contributed by atoms with van der Waals surface area (Å²) in [6.07, 6.45) is 3.44. The average molecular weight is 452 g/mol. The van der Waals surface area contributed by atoms with Crippen molar-refractivity contribution in [3.05, 3.63) is 87.0 Å². The Kier molecular flexibility index (Phi) is 4.53. The smallest absolute Gasteiger partial charge is 0.232 e. The van der Waals surface area contributed by atoms with Gasteiger partial charge in [-0.25, -0.2) is 0 Å². The van der Waals surface area contributed by atoms with E-state index in [9.17, 15) is 4.79 Å². The highest BCUT2D eigenvalue weighted by molar-refractivity contribution is 9.10. The maximum atomic E-state index is 13.1. The first-order valence-electron chi connectivity index (χ1n) is 9.33. The van der Waals surface area contributed by atoms with Crippen LogP contribution in [-0.4, -0.2) is 17.4 Å². The number of hydrogen-bond donors (Lipinski definition) is 0. The number of hydrogen-bond acceptors (Lipinski definition) is 5. The van der Waals surface area contributed by atoms with Gasteiger partial charge in [-0.15, -0.1) is 0 Å². The van der Waals surface area contributed by atoms with Gasteiger partial charge in [-0.05, 0) is 48.4 Å². The van der Waals surface area contributed by atoms with Crippen LogP contribution in [-0.2, 0) is 13.1 Å². The number of halogens is 1. The topological polar surface area (TPSA) is 51.9 Å². The van der Waals surface area contributed by atoms with Crippen LogP contribution in [0.1, 0.15) is 32.8 Å². The van der Waals surface area contributed by atoms with E-state index in [2.05, 4.69) is 20.8 Å². The first-order chi connectivity index (χ1) is 14.1. The third kappa shape index (κ3) is 3.28. The lowest BCUT2D eigenvalue weighted by Crippen LogP contribution is -2.31. The second-order valence-electron chi connectivity index (χ2n) is 7.18. The summed E-state index contributed by atoms with van der Waals surface area (Å²) >= 11 is 3.52. The molecule has 0 saturated carbocycles. The summed E-state index contributed by atoms with van der Waals surface area (Å²) in [6.45, 7) is 3.62. The lowest BCUT2D eigenvalue weighted by atomic mass is 9.98. The Morgan fingerprint density at radius 3 is 2.86 bits per heavy atom. The minimum Gasteiger partial charge on any atom is -0.478 e. The zero-order valence-corrected chi connectivity index (χ0v) is 17.4. The number of aryl methyl sites for hydroxylation is 1. The number of fused-ring (bicyclic) bond motifs is 3. The maximum Gasteiger partial charge on any atom is 0.232 e. The van der Waals surface area contributed by atoms with Crippen LogP contribution in [0, 0.1) is 6.92 Å². The molecule has 0 spiro atoms. The van der Waals surface area contributed by atoms with Crippen molar-refractivity contribution >= 4 is 27.8 Å². The summed E-state index contributed by atoms with van der Waals surface area (Å²) in [5, 5.41) is 0. The molecule has 1 aromatic heterocycles. The van der Waals surface area contributed by atoms with Crippen molar-refractivity contribution in [3.63, 3.8) is 0 Å². The van der Waals surface area contributed by atoms with Crippen LogP contribution in [0.15, 0.2) is 63.4 Å². The standard InChI is InChI=1S/C23H18BrNO4/c1-14-9-19-17(12-25(13-28-19)11-16-6-4-8-27-16)23-21(14)22(26)20(29-23)10-15-5-2-3-7-18(15)24/h2-10H,11-13H2,1H3/b20-10-. The van der Waals surface area contributed by atoms with Gasteiger partial charge < -0.3 is 13.9 Å². The molecule has 0 amide bonds. The van der Waals surface area contributed by atoms with Crippen molar-refractivity contribution in [2.75, 3.05) is 6.73 Å². The molecule has 0 unspecified atom stereocenters. The quantitative estimate of drug-likeness (QED) is 0.504. The summed E-state index contributed by atoms with van der Waals surface area (Å²) in [5.41, 5.74) is 3.27. The van der Waals surface area contributed by atoms with Gasteiger partial charge in [0.2, 0.25) is 5.78 Å². The van der Waals surface area contributed by atoms with E-state index in [4.69, 9.17) is 13.9 Å². The van der Waals surface area contributed by atoms with Crippen molar-refractivity contribution in [1.82, 2.24) is 4.90 Å². The number of ether oxygens (including phenoxy) is 2. The number of Topliss-reactive ketones (excluding diaryl/α,β-unsaturated/α-hetero) is 1. The van der Waals surface area contributed by atoms with Crippen molar-refractivity contribution in [2.24, 2.45) is 0 Å². The van der Waals surface area contributed by atoms with Crippen LogP contribution in [0.4, 0.5) is 0 Å². The number of furan rings is 1. The van der Waals surface area contributed by atoms with Gasteiger partial charge >= 0.3 is 0 Å². The van der Waals surface area contributed by atoms with E-state index in [-0.39, 0.29) is 5.78 Å². The molecule has 0 saturated heterocycles. The number of rotatable bonds is 3. The fourth-order valence-corrected chi connectivity index (χ4v) is 4.13.